The first kappa shape index (κ1) is 21.2. The molecular weight excluding hydrogens is 438 g/mol. The largest absolute Gasteiger partial charge is 0.360 e. The lowest BCUT2D eigenvalue weighted by molar-refractivity contribution is -0.133. The van der Waals surface area contributed by atoms with Crippen LogP contribution in [-0.4, -0.2) is 45.9 Å². The Morgan fingerprint density at radius 3 is 2.71 bits per heavy atom. The summed E-state index contributed by atoms with van der Waals surface area (Å²) >= 11 is 2.65. The molecule has 1 fully saturated rings. The second-order valence-corrected chi connectivity index (χ2v) is 9.03. The molecule has 3 aromatic heterocycles. The zero-order valence-electron chi connectivity index (χ0n) is 16.8. The monoisotopic (exact) mass is 459 g/mol. The smallest absolute Gasteiger partial charge is 0.267 e. The van der Waals surface area contributed by atoms with Crippen LogP contribution in [0.25, 0.3) is 0 Å². The molecule has 0 saturated carbocycles. The number of thiophene rings is 1. The maximum Gasteiger partial charge on any atom is 0.267 e. The fraction of sp³-hybridized carbons (Fsp3) is 0.350. The molecule has 162 valence electrons. The first-order chi connectivity index (χ1) is 15.0. The van der Waals surface area contributed by atoms with Crippen LogP contribution >= 0.6 is 22.7 Å². The maximum atomic E-state index is 12.6. The summed E-state index contributed by atoms with van der Waals surface area (Å²) in [6, 6.07) is 5.23. The maximum absolute atomic E-state index is 12.6. The molecule has 0 radical (unpaired) electrons. The number of thiazole rings is 1. The fourth-order valence-corrected chi connectivity index (χ4v) is 4.65. The van der Waals surface area contributed by atoms with Gasteiger partial charge in [-0.25, -0.2) is 4.98 Å². The van der Waals surface area contributed by atoms with Gasteiger partial charge >= 0.3 is 0 Å². The van der Waals surface area contributed by atoms with Crippen molar-refractivity contribution in [1.82, 2.24) is 15.0 Å². The number of piperidine rings is 1. The van der Waals surface area contributed by atoms with E-state index in [1.165, 1.54) is 22.7 Å². The van der Waals surface area contributed by atoms with E-state index in [9.17, 15) is 14.4 Å². The number of anilines is 2. The molecule has 0 aromatic carbocycles. The van der Waals surface area contributed by atoms with Gasteiger partial charge in [-0.3, -0.25) is 19.7 Å². The van der Waals surface area contributed by atoms with Crippen LogP contribution < -0.4 is 10.6 Å². The molecule has 0 atom stereocenters. The number of hydrogen-bond donors (Lipinski definition) is 2. The van der Waals surface area contributed by atoms with Crippen molar-refractivity contribution in [2.75, 3.05) is 23.7 Å². The lowest BCUT2D eigenvalue weighted by atomic mass is 9.95. The molecule has 2 N–H and O–H groups in total. The molecule has 31 heavy (non-hydrogen) atoms. The summed E-state index contributed by atoms with van der Waals surface area (Å²) in [7, 11) is 0. The normalized spacial score (nSPS) is 14.4. The molecule has 0 bridgehead atoms. The van der Waals surface area contributed by atoms with Crippen LogP contribution in [0.3, 0.4) is 0 Å². The second-order valence-electron chi connectivity index (χ2n) is 7.22. The Labute approximate surface area is 186 Å². The first-order valence-corrected chi connectivity index (χ1v) is 11.5. The quantitative estimate of drug-likeness (QED) is 0.585. The van der Waals surface area contributed by atoms with Gasteiger partial charge in [-0.05, 0) is 31.2 Å². The number of nitrogens with zero attached hydrogens (tertiary/aromatic N) is 3. The van der Waals surface area contributed by atoms with Gasteiger partial charge in [0.2, 0.25) is 11.8 Å². The predicted molar refractivity (Wildman–Crippen MR) is 117 cm³/mol. The van der Waals surface area contributed by atoms with E-state index < -0.39 is 0 Å². The van der Waals surface area contributed by atoms with Crippen LogP contribution in [0.5, 0.6) is 0 Å². The van der Waals surface area contributed by atoms with Gasteiger partial charge in [0.1, 0.15) is 5.76 Å². The number of carbonyl (C=O) groups excluding carboxylic acids is 3. The fourth-order valence-electron chi connectivity index (χ4n) is 3.32. The van der Waals surface area contributed by atoms with E-state index in [2.05, 4.69) is 20.8 Å². The summed E-state index contributed by atoms with van der Waals surface area (Å²) in [5.74, 6) is 0.528. The number of rotatable bonds is 6. The number of aromatic nitrogens is 2. The van der Waals surface area contributed by atoms with E-state index in [0.29, 0.717) is 53.2 Å². The molecule has 0 spiro atoms. The van der Waals surface area contributed by atoms with E-state index >= 15 is 0 Å². The van der Waals surface area contributed by atoms with Gasteiger partial charge in [-0.1, -0.05) is 11.2 Å². The lowest BCUT2D eigenvalue weighted by Crippen LogP contribution is -2.42. The molecule has 0 aliphatic carbocycles. The van der Waals surface area contributed by atoms with Crippen LogP contribution in [0.2, 0.25) is 0 Å². The first-order valence-electron chi connectivity index (χ1n) is 9.79. The Hall–Kier alpha value is -3.05. The topological polar surface area (TPSA) is 117 Å². The minimum atomic E-state index is -0.205. The highest BCUT2D eigenvalue weighted by Crippen LogP contribution is 2.22. The third-order valence-electron chi connectivity index (χ3n) is 4.95. The third kappa shape index (κ3) is 5.36. The van der Waals surface area contributed by atoms with E-state index in [1.807, 2.05) is 11.4 Å². The van der Waals surface area contributed by atoms with Crippen molar-refractivity contribution in [2.45, 2.75) is 26.2 Å². The van der Waals surface area contributed by atoms with Crippen LogP contribution in [0.4, 0.5) is 10.9 Å². The van der Waals surface area contributed by atoms with E-state index in [-0.39, 0.29) is 30.1 Å². The number of hydrogen-bond acceptors (Lipinski definition) is 8. The average Bonchev–Trinajstić information content (AvgIpc) is 3.51. The Kier molecular flexibility index (Phi) is 6.42. The van der Waals surface area contributed by atoms with Crippen molar-refractivity contribution in [1.29, 1.82) is 0 Å². The van der Waals surface area contributed by atoms with Gasteiger partial charge in [0.05, 0.1) is 17.0 Å². The van der Waals surface area contributed by atoms with Crippen LogP contribution in [0.15, 0.2) is 33.5 Å². The van der Waals surface area contributed by atoms with E-state index in [0.717, 1.165) is 0 Å². The van der Waals surface area contributed by atoms with Gasteiger partial charge in [0.15, 0.2) is 10.9 Å². The highest BCUT2D eigenvalue weighted by molar-refractivity contribution is 7.14. The predicted octanol–water partition coefficient (Wildman–Crippen LogP) is 3.17. The summed E-state index contributed by atoms with van der Waals surface area (Å²) in [4.78, 5) is 43.8. The molecule has 3 aromatic rings. The Bertz CT molecular complexity index is 1070. The SMILES string of the molecule is Cc1cc(NC(=O)C2CCN(C(=O)Cc3csc(NC(=O)c4cccs4)n3)CC2)no1. The lowest BCUT2D eigenvalue weighted by Gasteiger charge is -2.31. The molecule has 4 heterocycles. The standard InChI is InChI=1S/C20H21N5O4S2/c1-12-9-16(24-29-12)22-18(27)13-4-6-25(7-5-13)17(26)10-14-11-31-20(21-14)23-19(28)15-3-2-8-30-15/h2-3,8-9,11,13H,4-7,10H2,1H3,(H,21,23,28)(H,22,24,27). The summed E-state index contributed by atoms with van der Waals surface area (Å²) in [6.07, 6.45) is 1.35. The molecule has 1 aliphatic rings. The van der Waals surface area contributed by atoms with Crippen molar-refractivity contribution in [3.8, 4) is 0 Å². The van der Waals surface area contributed by atoms with Gasteiger partial charge in [-0.15, -0.1) is 22.7 Å². The third-order valence-corrected chi connectivity index (χ3v) is 6.62. The zero-order chi connectivity index (χ0) is 21.8. The Balaban J connectivity index is 1.24. The summed E-state index contributed by atoms with van der Waals surface area (Å²) in [5, 5.41) is 13.4. The van der Waals surface area contributed by atoms with Gasteiger partial charge in [-0.2, -0.15) is 0 Å². The van der Waals surface area contributed by atoms with E-state index in [4.69, 9.17) is 4.52 Å². The van der Waals surface area contributed by atoms with Crippen molar-refractivity contribution >= 4 is 51.3 Å². The molecular formula is C20H21N5O4S2. The number of nitrogens with one attached hydrogen (secondary N) is 2. The van der Waals surface area contributed by atoms with Crippen LogP contribution in [0.1, 0.15) is 34.0 Å². The van der Waals surface area contributed by atoms with Crippen molar-refractivity contribution in [3.05, 3.63) is 45.3 Å². The van der Waals surface area contributed by atoms with Crippen molar-refractivity contribution < 1.29 is 18.9 Å². The number of likely N-dealkylation sites (tertiary alicyclic amines) is 1. The second kappa shape index (κ2) is 9.40. The van der Waals surface area contributed by atoms with Crippen LogP contribution in [-0.2, 0) is 16.0 Å². The summed E-state index contributed by atoms with van der Waals surface area (Å²) in [6.45, 7) is 2.79. The Morgan fingerprint density at radius 2 is 2.03 bits per heavy atom. The van der Waals surface area contributed by atoms with Gasteiger partial charge < -0.3 is 14.7 Å². The highest BCUT2D eigenvalue weighted by Gasteiger charge is 2.28. The molecule has 9 nitrogen and oxygen atoms in total. The molecule has 4 rings (SSSR count). The number of carbonyl (C=O) groups is 3. The van der Waals surface area contributed by atoms with Gasteiger partial charge in [0.25, 0.3) is 5.91 Å². The molecule has 0 unspecified atom stereocenters. The average molecular weight is 460 g/mol. The summed E-state index contributed by atoms with van der Waals surface area (Å²) in [5.41, 5.74) is 0.623. The molecule has 3 amide bonds. The molecule has 1 aliphatic heterocycles. The van der Waals surface area contributed by atoms with Crippen molar-refractivity contribution in [3.63, 3.8) is 0 Å². The van der Waals surface area contributed by atoms with Crippen molar-refractivity contribution in [2.24, 2.45) is 5.92 Å². The van der Waals surface area contributed by atoms with Crippen LogP contribution in [0, 0.1) is 12.8 Å². The molecule has 1 saturated heterocycles. The number of amides is 3. The Morgan fingerprint density at radius 1 is 1.23 bits per heavy atom. The molecule has 11 heteroatoms. The van der Waals surface area contributed by atoms with E-state index in [1.54, 1.807) is 29.3 Å². The number of aryl methyl sites for hydroxylation is 1. The minimum absolute atomic E-state index is 0.0348. The minimum Gasteiger partial charge on any atom is -0.360 e. The summed E-state index contributed by atoms with van der Waals surface area (Å²) < 4.78 is 4.95. The highest BCUT2D eigenvalue weighted by atomic mass is 32.1. The van der Waals surface area contributed by atoms with Gasteiger partial charge in [0, 0.05) is 30.5 Å². The zero-order valence-corrected chi connectivity index (χ0v) is 18.4.